The molecule has 0 aromatic heterocycles. The van der Waals surface area contributed by atoms with E-state index in [9.17, 15) is 4.79 Å². The fourth-order valence-corrected chi connectivity index (χ4v) is 1.95. The molecule has 110 valence electrons. The van der Waals surface area contributed by atoms with Crippen LogP contribution in [0.3, 0.4) is 0 Å². The van der Waals surface area contributed by atoms with Gasteiger partial charge in [0, 0.05) is 24.5 Å². The van der Waals surface area contributed by atoms with E-state index < -0.39 is 0 Å². The average Bonchev–Trinajstić information content (AvgIpc) is 2.52. The molecular formula is C17H20N2O2. The van der Waals surface area contributed by atoms with Gasteiger partial charge in [0.25, 0.3) is 5.91 Å². The first-order valence-electron chi connectivity index (χ1n) is 6.94. The van der Waals surface area contributed by atoms with Crippen LogP contribution in [0.2, 0.25) is 0 Å². The second kappa shape index (κ2) is 6.79. The molecule has 0 heterocycles. The van der Waals surface area contributed by atoms with Gasteiger partial charge in [-0.25, -0.2) is 0 Å². The molecule has 2 aromatic rings. The lowest BCUT2D eigenvalue weighted by atomic mass is 10.1. The Balaban J connectivity index is 1.95. The van der Waals surface area contributed by atoms with Gasteiger partial charge < -0.3 is 15.4 Å². The summed E-state index contributed by atoms with van der Waals surface area (Å²) in [6.45, 7) is 2.08. The summed E-state index contributed by atoms with van der Waals surface area (Å²) >= 11 is 0. The zero-order valence-electron chi connectivity index (χ0n) is 12.4. The molecule has 0 aliphatic heterocycles. The van der Waals surface area contributed by atoms with Crippen molar-refractivity contribution in [2.24, 2.45) is 0 Å². The van der Waals surface area contributed by atoms with E-state index in [-0.39, 0.29) is 12.5 Å². The molecule has 2 N–H and O–H groups in total. The number of rotatable bonds is 5. The summed E-state index contributed by atoms with van der Waals surface area (Å²) in [5.74, 6) is 0.486. The maximum absolute atomic E-state index is 12.1. The second-order valence-corrected chi connectivity index (χ2v) is 4.83. The van der Waals surface area contributed by atoms with Gasteiger partial charge in [0.2, 0.25) is 0 Å². The molecule has 2 rings (SSSR count). The monoisotopic (exact) mass is 284 g/mol. The van der Waals surface area contributed by atoms with Crippen molar-refractivity contribution in [1.29, 1.82) is 0 Å². The van der Waals surface area contributed by atoms with E-state index in [0.29, 0.717) is 11.4 Å². The number of anilines is 2. The number of aryl methyl sites for hydroxylation is 1. The molecule has 2 aromatic carbocycles. The van der Waals surface area contributed by atoms with Crippen molar-refractivity contribution in [3.8, 4) is 5.75 Å². The van der Waals surface area contributed by atoms with E-state index in [4.69, 9.17) is 10.5 Å². The minimum atomic E-state index is -0.110. The predicted molar refractivity (Wildman–Crippen MR) is 85.6 cm³/mol. The molecule has 0 saturated heterocycles. The summed E-state index contributed by atoms with van der Waals surface area (Å²) in [4.78, 5) is 13.7. The quantitative estimate of drug-likeness (QED) is 0.859. The van der Waals surface area contributed by atoms with Crippen molar-refractivity contribution in [3.63, 3.8) is 0 Å². The van der Waals surface area contributed by atoms with Gasteiger partial charge in [0.1, 0.15) is 5.75 Å². The number of nitrogens with two attached hydrogens (primary N) is 1. The number of carbonyl (C=O) groups excluding carboxylic acids is 1. The number of nitrogen functional groups attached to an aromatic ring is 1. The van der Waals surface area contributed by atoms with Crippen LogP contribution < -0.4 is 15.4 Å². The molecule has 0 fully saturated rings. The van der Waals surface area contributed by atoms with Crippen molar-refractivity contribution in [1.82, 2.24) is 0 Å². The van der Waals surface area contributed by atoms with Crippen LogP contribution in [0.15, 0.2) is 48.5 Å². The minimum absolute atomic E-state index is 0.0184. The number of likely N-dealkylation sites (N-methyl/N-ethyl adjacent to an activating group) is 1. The van der Waals surface area contributed by atoms with Gasteiger partial charge in [-0.2, -0.15) is 0 Å². The van der Waals surface area contributed by atoms with Gasteiger partial charge in [-0.3, -0.25) is 4.79 Å². The molecule has 4 nitrogen and oxygen atoms in total. The zero-order valence-corrected chi connectivity index (χ0v) is 12.4. The van der Waals surface area contributed by atoms with Crippen LogP contribution in [0.4, 0.5) is 11.4 Å². The normalized spacial score (nSPS) is 10.2. The minimum Gasteiger partial charge on any atom is -0.484 e. The number of nitrogens with zero attached hydrogens (tertiary/aromatic N) is 1. The lowest BCUT2D eigenvalue weighted by molar-refractivity contribution is -0.120. The molecule has 0 radical (unpaired) electrons. The van der Waals surface area contributed by atoms with E-state index in [2.05, 4.69) is 6.92 Å². The SMILES string of the molecule is CCc1ccc(N(C)C(=O)COc2cccc(N)c2)cc1. The van der Waals surface area contributed by atoms with Crippen LogP contribution in [0.5, 0.6) is 5.75 Å². The maximum Gasteiger partial charge on any atom is 0.264 e. The molecule has 4 heteroatoms. The zero-order chi connectivity index (χ0) is 15.2. The summed E-state index contributed by atoms with van der Waals surface area (Å²) in [5, 5.41) is 0. The third-order valence-corrected chi connectivity index (χ3v) is 3.33. The van der Waals surface area contributed by atoms with Crippen molar-refractivity contribution < 1.29 is 9.53 Å². The highest BCUT2D eigenvalue weighted by atomic mass is 16.5. The van der Waals surface area contributed by atoms with Crippen LogP contribution in [-0.2, 0) is 11.2 Å². The fourth-order valence-electron chi connectivity index (χ4n) is 1.95. The largest absolute Gasteiger partial charge is 0.484 e. The number of carbonyl (C=O) groups is 1. The van der Waals surface area contributed by atoms with E-state index in [1.807, 2.05) is 24.3 Å². The van der Waals surface area contributed by atoms with Gasteiger partial charge in [-0.05, 0) is 36.2 Å². The fraction of sp³-hybridized carbons (Fsp3) is 0.235. The molecular weight excluding hydrogens is 264 g/mol. The Morgan fingerprint density at radius 2 is 1.90 bits per heavy atom. The standard InChI is InChI=1S/C17H20N2O2/c1-3-13-7-9-15(10-8-13)19(2)17(20)12-21-16-6-4-5-14(18)11-16/h4-11H,3,12,18H2,1-2H3. The molecule has 0 atom stereocenters. The summed E-state index contributed by atoms with van der Waals surface area (Å²) in [6, 6.07) is 15.0. The smallest absolute Gasteiger partial charge is 0.264 e. The van der Waals surface area contributed by atoms with E-state index >= 15 is 0 Å². The van der Waals surface area contributed by atoms with Gasteiger partial charge >= 0.3 is 0 Å². The van der Waals surface area contributed by atoms with Crippen LogP contribution in [0.25, 0.3) is 0 Å². The molecule has 0 spiro atoms. The molecule has 0 unspecified atom stereocenters. The first kappa shape index (κ1) is 14.9. The molecule has 21 heavy (non-hydrogen) atoms. The first-order chi connectivity index (χ1) is 10.1. The van der Waals surface area contributed by atoms with Crippen LogP contribution in [0, 0.1) is 0 Å². The Hall–Kier alpha value is -2.49. The highest BCUT2D eigenvalue weighted by Gasteiger charge is 2.11. The number of hydrogen-bond donors (Lipinski definition) is 1. The van der Waals surface area contributed by atoms with Crippen LogP contribution >= 0.6 is 0 Å². The van der Waals surface area contributed by atoms with Crippen molar-refractivity contribution in [2.75, 3.05) is 24.3 Å². The topological polar surface area (TPSA) is 55.6 Å². The van der Waals surface area contributed by atoms with Gasteiger partial charge in [0.15, 0.2) is 6.61 Å². The summed E-state index contributed by atoms with van der Waals surface area (Å²) in [7, 11) is 1.74. The lowest BCUT2D eigenvalue weighted by Crippen LogP contribution is -2.31. The number of hydrogen-bond acceptors (Lipinski definition) is 3. The molecule has 0 aliphatic rings. The van der Waals surface area contributed by atoms with E-state index in [1.165, 1.54) is 5.56 Å². The summed E-state index contributed by atoms with van der Waals surface area (Å²) in [6.07, 6.45) is 0.983. The molecule has 0 saturated carbocycles. The molecule has 1 amide bonds. The van der Waals surface area contributed by atoms with Crippen molar-refractivity contribution in [3.05, 3.63) is 54.1 Å². The third kappa shape index (κ3) is 3.99. The number of amides is 1. The van der Waals surface area contributed by atoms with Gasteiger partial charge in [-0.15, -0.1) is 0 Å². The Bertz CT molecular complexity index is 608. The lowest BCUT2D eigenvalue weighted by Gasteiger charge is -2.18. The molecule has 0 bridgehead atoms. The van der Waals surface area contributed by atoms with Gasteiger partial charge in [0.05, 0.1) is 0 Å². The number of benzene rings is 2. The highest BCUT2D eigenvalue weighted by Crippen LogP contribution is 2.16. The summed E-state index contributed by atoms with van der Waals surface area (Å²) in [5.41, 5.74) is 8.38. The van der Waals surface area contributed by atoms with E-state index in [1.54, 1.807) is 36.2 Å². The Morgan fingerprint density at radius 3 is 2.52 bits per heavy atom. The maximum atomic E-state index is 12.1. The summed E-state index contributed by atoms with van der Waals surface area (Å²) < 4.78 is 5.46. The van der Waals surface area contributed by atoms with Gasteiger partial charge in [-0.1, -0.05) is 25.1 Å². The first-order valence-corrected chi connectivity index (χ1v) is 6.94. The predicted octanol–water partition coefficient (Wildman–Crippen LogP) is 2.87. The third-order valence-electron chi connectivity index (χ3n) is 3.33. The van der Waals surface area contributed by atoms with Crippen LogP contribution in [0.1, 0.15) is 12.5 Å². The van der Waals surface area contributed by atoms with Crippen molar-refractivity contribution >= 4 is 17.3 Å². The second-order valence-electron chi connectivity index (χ2n) is 4.83. The van der Waals surface area contributed by atoms with Crippen molar-refractivity contribution in [2.45, 2.75) is 13.3 Å². The highest BCUT2D eigenvalue weighted by molar-refractivity contribution is 5.93. The Morgan fingerprint density at radius 1 is 1.19 bits per heavy atom. The van der Waals surface area contributed by atoms with E-state index in [0.717, 1.165) is 12.1 Å². The molecule has 0 aliphatic carbocycles. The average molecular weight is 284 g/mol. The Labute approximate surface area is 125 Å². The Kier molecular flexibility index (Phi) is 4.82. The number of ether oxygens (including phenoxy) is 1. The van der Waals surface area contributed by atoms with Crippen LogP contribution in [-0.4, -0.2) is 19.6 Å².